The van der Waals surface area contributed by atoms with Crippen molar-refractivity contribution in [3.63, 3.8) is 0 Å². The lowest BCUT2D eigenvalue weighted by molar-refractivity contribution is -0.131. The van der Waals surface area contributed by atoms with Crippen molar-refractivity contribution < 1.29 is 14.3 Å². The van der Waals surface area contributed by atoms with Crippen LogP contribution in [-0.2, 0) is 4.79 Å². The second-order valence-corrected chi connectivity index (χ2v) is 4.03. The molecule has 0 spiro atoms. The van der Waals surface area contributed by atoms with E-state index in [4.69, 9.17) is 10.5 Å². The molecule has 0 radical (unpaired) electrons. The molecule has 1 aromatic rings. The Kier molecular flexibility index (Phi) is 3.47. The van der Waals surface area contributed by atoms with Gasteiger partial charge in [-0.15, -0.1) is 0 Å². The lowest BCUT2D eigenvalue weighted by atomic mass is 9.98. The van der Waals surface area contributed by atoms with Crippen LogP contribution in [0.25, 0.3) is 0 Å². The molecule has 0 unspecified atom stereocenters. The maximum absolute atomic E-state index is 11.9. The largest absolute Gasteiger partial charge is 0.497 e. The summed E-state index contributed by atoms with van der Waals surface area (Å²) >= 11 is 0. The number of methoxy groups -OCH3 is 1. The zero-order chi connectivity index (χ0) is 13.1. The molecule has 6 heteroatoms. The first-order chi connectivity index (χ1) is 8.65. The first-order valence-corrected chi connectivity index (χ1v) is 5.61. The molecular weight excluding hydrogens is 234 g/mol. The average molecular weight is 249 g/mol. The van der Waals surface area contributed by atoms with E-state index in [1.54, 1.807) is 24.3 Å². The highest BCUT2D eigenvalue weighted by atomic mass is 16.5. The van der Waals surface area contributed by atoms with Crippen LogP contribution in [-0.4, -0.2) is 37.6 Å². The molecule has 0 saturated carbocycles. The van der Waals surface area contributed by atoms with Crippen molar-refractivity contribution in [2.24, 2.45) is 5.73 Å². The number of nitrogens with one attached hydrogen (secondary N) is 2. The van der Waals surface area contributed by atoms with Gasteiger partial charge in [0.05, 0.1) is 13.2 Å². The van der Waals surface area contributed by atoms with Crippen LogP contribution in [0.15, 0.2) is 24.3 Å². The van der Waals surface area contributed by atoms with E-state index in [0.717, 1.165) is 0 Å². The van der Waals surface area contributed by atoms with Crippen molar-refractivity contribution in [3.8, 4) is 5.75 Å². The van der Waals surface area contributed by atoms with Crippen molar-refractivity contribution in [1.29, 1.82) is 0 Å². The molecule has 2 atom stereocenters. The lowest BCUT2D eigenvalue weighted by Crippen LogP contribution is -2.71. The summed E-state index contributed by atoms with van der Waals surface area (Å²) in [5.41, 5.74) is 5.91. The number of carbonyl (C=O) groups excluding carboxylic acids is 2. The topological polar surface area (TPSA) is 93.4 Å². The Morgan fingerprint density at radius 1 is 1.56 bits per heavy atom. The van der Waals surface area contributed by atoms with Crippen LogP contribution in [0.3, 0.4) is 0 Å². The van der Waals surface area contributed by atoms with Gasteiger partial charge in [-0.1, -0.05) is 6.07 Å². The molecule has 0 bridgehead atoms. The van der Waals surface area contributed by atoms with Crippen molar-refractivity contribution in [3.05, 3.63) is 29.8 Å². The van der Waals surface area contributed by atoms with Crippen LogP contribution in [0.5, 0.6) is 5.75 Å². The van der Waals surface area contributed by atoms with Crippen LogP contribution < -0.4 is 21.1 Å². The van der Waals surface area contributed by atoms with Crippen LogP contribution in [0, 0.1) is 0 Å². The van der Waals surface area contributed by atoms with E-state index in [1.807, 2.05) is 0 Å². The Morgan fingerprint density at radius 2 is 2.33 bits per heavy atom. The zero-order valence-electron chi connectivity index (χ0n) is 9.97. The van der Waals surface area contributed by atoms with Crippen LogP contribution in [0.1, 0.15) is 10.4 Å². The molecule has 1 heterocycles. The van der Waals surface area contributed by atoms with Gasteiger partial charge in [0.1, 0.15) is 11.8 Å². The fourth-order valence-electron chi connectivity index (χ4n) is 1.79. The maximum atomic E-state index is 11.9. The Labute approximate surface area is 104 Å². The molecule has 1 aromatic carbocycles. The predicted octanol–water partition coefficient (Wildman–Crippen LogP) is -0.749. The number of benzene rings is 1. The second kappa shape index (κ2) is 5.05. The smallest absolute Gasteiger partial charge is 0.252 e. The minimum atomic E-state index is -0.547. The van der Waals surface area contributed by atoms with E-state index in [1.165, 1.54) is 7.11 Å². The summed E-state index contributed by atoms with van der Waals surface area (Å²) in [6, 6.07) is 6.00. The van der Waals surface area contributed by atoms with Crippen LogP contribution in [0.4, 0.5) is 0 Å². The van der Waals surface area contributed by atoms with Crippen molar-refractivity contribution in [2.45, 2.75) is 12.1 Å². The average Bonchev–Trinajstić information content (AvgIpc) is 2.41. The Bertz CT molecular complexity index is 475. The molecule has 0 aliphatic carbocycles. The monoisotopic (exact) mass is 249 g/mol. The standard InChI is InChI=1S/C12H15N3O3/c1-18-8-4-2-3-7(5-8)11(16)15-10-9(6-13)14-12(10)17/h2-5,9-10H,6,13H2,1H3,(H,14,17)(H,15,16)/t9-,10+/m0/s1. The highest BCUT2D eigenvalue weighted by molar-refractivity contribution is 6.00. The molecule has 4 N–H and O–H groups in total. The van der Waals surface area contributed by atoms with E-state index in [2.05, 4.69) is 10.6 Å². The predicted molar refractivity (Wildman–Crippen MR) is 65.2 cm³/mol. The molecule has 1 aliphatic rings. The summed E-state index contributed by atoms with van der Waals surface area (Å²) in [7, 11) is 1.53. The molecular formula is C12H15N3O3. The molecule has 96 valence electrons. The van der Waals surface area contributed by atoms with Crippen LogP contribution >= 0.6 is 0 Å². The van der Waals surface area contributed by atoms with Gasteiger partial charge in [-0.25, -0.2) is 0 Å². The second-order valence-electron chi connectivity index (χ2n) is 4.03. The number of rotatable bonds is 4. The summed E-state index contributed by atoms with van der Waals surface area (Å²) < 4.78 is 5.03. The minimum Gasteiger partial charge on any atom is -0.497 e. The van der Waals surface area contributed by atoms with Gasteiger partial charge in [0, 0.05) is 12.1 Å². The molecule has 0 aromatic heterocycles. The fourth-order valence-corrected chi connectivity index (χ4v) is 1.79. The van der Waals surface area contributed by atoms with E-state index in [9.17, 15) is 9.59 Å². The van der Waals surface area contributed by atoms with Crippen molar-refractivity contribution in [1.82, 2.24) is 10.6 Å². The van der Waals surface area contributed by atoms with Gasteiger partial charge in [-0.05, 0) is 18.2 Å². The molecule has 2 rings (SSSR count). The summed E-state index contributed by atoms with van der Waals surface area (Å²) in [4.78, 5) is 23.2. The molecule has 6 nitrogen and oxygen atoms in total. The Balaban J connectivity index is 2.05. The normalized spacial score (nSPS) is 21.8. The third-order valence-corrected chi connectivity index (χ3v) is 2.88. The number of amides is 2. The first kappa shape index (κ1) is 12.4. The van der Waals surface area contributed by atoms with Gasteiger partial charge in [0.15, 0.2) is 0 Å². The third-order valence-electron chi connectivity index (χ3n) is 2.88. The first-order valence-electron chi connectivity index (χ1n) is 5.61. The highest BCUT2D eigenvalue weighted by Crippen LogP contribution is 2.13. The summed E-state index contributed by atoms with van der Waals surface area (Å²) in [5.74, 6) is 0.0741. The van der Waals surface area contributed by atoms with Gasteiger partial charge < -0.3 is 21.1 Å². The quantitative estimate of drug-likeness (QED) is 0.612. The molecule has 18 heavy (non-hydrogen) atoms. The molecule has 2 amide bonds. The maximum Gasteiger partial charge on any atom is 0.252 e. The Morgan fingerprint density at radius 3 is 2.94 bits per heavy atom. The van der Waals surface area contributed by atoms with E-state index >= 15 is 0 Å². The number of β-lactam (4-membered cyclic amide) rings is 1. The SMILES string of the molecule is COc1cccc(C(=O)N[C@H]2C(=O)N[C@H]2CN)c1. The van der Waals surface area contributed by atoms with Crippen molar-refractivity contribution in [2.75, 3.05) is 13.7 Å². The third kappa shape index (κ3) is 2.28. The minimum absolute atomic E-state index is 0.188. The lowest BCUT2D eigenvalue weighted by Gasteiger charge is -2.36. The van der Waals surface area contributed by atoms with Gasteiger partial charge in [0.25, 0.3) is 5.91 Å². The fraction of sp³-hybridized carbons (Fsp3) is 0.333. The van der Waals surface area contributed by atoms with Gasteiger partial charge in [0.2, 0.25) is 5.91 Å². The summed E-state index contributed by atoms with van der Waals surface area (Å²) in [6.07, 6.45) is 0. The highest BCUT2D eigenvalue weighted by Gasteiger charge is 2.39. The Hall–Kier alpha value is -2.08. The number of carbonyl (C=O) groups is 2. The molecule has 1 aliphatic heterocycles. The van der Waals surface area contributed by atoms with Crippen LogP contribution in [0.2, 0.25) is 0 Å². The molecule has 1 fully saturated rings. The van der Waals surface area contributed by atoms with E-state index in [-0.39, 0.29) is 17.9 Å². The van der Waals surface area contributed by atoms with Gasteiger partial charge >= 0.3 is 0 Å². The molecule has 1 saturated heterocycles. The van der Waals surface area contributed by atoms with E-state index in [0.29, 0.717) is 17.9 Å². The number of hydrogen-bond donors (Lipinski definition) is 3. The van der Waals surface area contributed by atoms with Crippen molar-refractivity contribution >= 4 is 11.8 Å². The van der Waals surface area contributed by atoms with E-state index < -0.39 is 6.04 Å². The zero-order valence-corrected chi connectivity index (χ0v) is 9.97. The summed E-state index contributed by atoms with van der Waals surface area (Å²) in [6.45, 7) is 0.300. The van der Waals surface area contributed by atoms with Gasteiger partial charge in [-0.3, -0.25) is 9.59 Å². The number of ether oxygens (including phenoxy) is 1. The number of hydrogen-bond acceptors (Lipinski definition) is 4. The van der Waals surface area contributed by atoms with Gasteiger partial charge in [-0.2, -0.15) is 0 Å². The number of nitrogens with two attached hydrogens (primary N) is 1. The summed E-state index contributed by atoms with van der Waals surface area (Å²) in [5, 5.41) is 5.27.